The molecule has 3 N–H and O–H groups in total. The van der Waals surface area contributed by atoms with Crippen LogP contribution in [0.15, 0.2) is 46.9 Å². The van der Waals surface area contributed by atoms with Crippen molar-refractivity contribution in [1.82, 2.24) is 0 Å². The lowest BCUT2D eigenvalue weighted by Gasteiger charge is -2.12. The number of carbonyl (C=O) groups excluding carboxylic acids is 1. The zero-order valence-electron chi connectivity index (χ0n) is 11.0. The van der Waals surface area contributed by atoms with Gasteiger partial charge in [0.15, 0.2) is 0 Å². The summed E-state index contributed by atoms with van der Waals surface area (Å²) in [4.78, 5) is 11.6. The Morgan fingerprint density at radius 3 is 2.75 bits per heavy atom. The van der Waals surface area contributed by atoms with Gasteiger partial charge in [-0.1, -0.05) is 34.1 Å². The van der Waals surface area contributed by atoms with Gasteiger partial charge >= 0.3 is 5.97 Å². The van der Waals surface area contributed by atoms with Crippen LogP contribution in [0, 0.1) is 0 Å². The summed E-state index contributed by atoms with van der Waals surface area (Å²) in [6, 6.07) is 13.2. The Morgan fingerprint density at radius 2 is 2.05 bits per heavy atom. The number of nitrogen functional groups attached to an aromatic ring is 1. The van der Waals surface area contributed by atoms with Gasteiger partial charge < -0.3 is 15.8 Å². The molecule has 0 amide bonds. The molecule has 0 saturated heterocycles. The highest BCUT2D eigenvalue weighted by Crippen LogP contribution is 2.24. The predicted octanol–water partition coefficient (Wildman–Crippen LogP) is 3.43. The Bertz CT molecular complexity index is 629. The van der Waals surface area contributed by atoms with Crippen LogP contribution in [0.5, 0.6) is 0 Å². The van der Waals surface area contributed by atoms with Crippen LogP contribution in [0.4, 0.5) is 11.4 Å². The van der Waals surface area contributed by atoms with Gasteiger partial charge in [-0.15, -0.1) is 0 Å². The zero-order valence-corrected chi connectivity index (χ0v) is 12.6. The van der Waals surface area contributed by atoms with Crippen LogP contribution >= 0.6 is 15.9 Å². The van der Waals surface area contributed by atoms with E-state index in [0.717, 1.165) is 10.0 Å². The molecular formula is C15H15BrN2O2. The first kappa shape index (κ1) is 14.4. The smallest absolute Gasteiger partial charge is 0.340 e. The SMILES string of the molecule is COC(=O)c1cccc(NCc2cccc(Br)c2)c1N. The number of nitrogens with two attached hydrogens (primary N) is 1. The number of esters is 1. The third kappa shape index (κ3) is 3.30. The molecule has 20 heavy (non-hydrogen) atoms. The topological polar surface area (TPSA) is 64.3 Å². The van der Waals surface area contributed by atoms with Gasteiger partial charge in [-0.3, -0.25) is 0 Å². The zero-order chi connectivity index (χ0) is 14.5. The summed E-state index contributed by atoms with van der Waals surface area (Å²) in [6.07, 6.45) is 0. The van der Waals surface area contributed by atoms with Crippen LogP contribution in [-0.4, -0.2) is 13.1 Å². The molecule has 0 aromatic heterocycles. The minimum Gasteiger partial charge on any atom is -0.465 e. The van der Waals surface area contributed by atoms with Gasteiger partial charge in [-0.05, 0) is 29.8 Å². The Kier molecular flexibility index (Phi) is 4.63. The summed E-state index contributed by atoms with van der Waals surface area (Å²) in [6.45, 7) is 0.619. The normalized spacial score (nSPS) is 10.1. The Hall–Kier alpha value is -2.01. The molecule has 0 aliphatic heterocycles. The van der Waals surface area contributed by atoms with Gasteiger partial charge in [0.05, 0.1) is 24.0 Å². The van der Waals surface area contributed by atoms with Crippen LogP contribution in [0.2, 0.25) is 0 Å². The van der Waals surface area contributed by atoms with E-state index >= 15 is 0 Å². The highest BCUT2D eigenvalue weighted by molar-refractivity contribution is 9.10. The minimum atomic E-state index is -0.436. The number of carbonyl (C=O) groups is 1. The number of para-hydroxylation sites is 1. The number of ether oxygens (including phenoxy) is 1. The highest BCUT2D eigenvalue weighted by Gasteiger charge is 2.12. The molecule has 0 fully saturated rings. The van der Waals surface area contributed by atoms with Crippen molar-refractivity contribution in [3.8, 4) is 0 Å². The molecule has 104 valence electrons. The molecule has 5 heteroatoms. The molecule has 0 atom stereocenters. The van der Waals surface area contributed by atoms with Crippen LogP contribution in [0.25, 0.3) is 0 Å². The summed E-state index contributed by atoms with van der Waals surface area (Å²) in [5.41, 5.74) is 8.57. The van der Waals surface area contributed by atoms with E-state index in [9.17, 15) is 4.79 Å². The lowest BCUT2D eigenvalue weighted by atomic mass is 10.1. The second-order valence-electron chi connectivity index (χ2n) is 4.24. The summed E-state index contributed by atoms with van der Waals surface area (Å²) < 4.78 is 5.72. The molecular weight excluding hydrogens is 320 g/mol. The third-order valence-corrected chi connectivity index (χ3v) is 3.38. The second kappa shape index (κ2) is 6.43. The van der Waals surface area contributed by atoms with E-state index in [1.54, 1.807) is 12.1 Å². The molecule has 0 radical (unpaired) electrons. The van der Waals surface area contributed by atoms with E-state index in [0.29, 0.717) is 23.5 Å². The number of nitrogens with one attached hydrogen (secondary N) is 1. The molecule has 0 unspecified atom stereocenters. The molecule has 2 rings (SSSR count). The molecule has 4 nitrogen and oxygen atoms in total. The number of hydrogen-bond donors (Lipinski definition) is 2. The fourth-order valence-electron chi connectivity index (χ4n) is 1.85. The third-order valence-electron chi connectivity index (χ3n) is 2.88. The molecule has 0 aliphatic rings. The van der Waals surface area contributed by atoms with Crippen molar-refractivity contribution < 1.29 is 9.53 Å². The van der Waals surface area contributed by atoms with Crippen LogP contribution in [0.1, 0.15) is 15.9 Å². The van der Waals surface area contributed by atoms with Gasteiger partial charge in [0.25, 0.3) is 0 Å². The maximum Gasteiger partial charge on any atom is 0.340 e. The first-order valence-corrected chi connectivity index (χ1v) is 6.86. The van der Waals surface area contributed by atoms with Gasteiger partial charge in [-0.25, -0.2) is 4.79 Å². The number of hydrogen-bond acceptors (Lipinski definition) is 4. The van der Waals surface area contributed by atoms with Gasteiger partial charge in [0.1, 0.15) is 0 Å². The first-order valence-electron chi connectivity index (χ1n) is 6.07. The maximum atomic E-state index is 11.6. The van der Waals surface area contributed by atoms with Crippen molar-refractivity contribution in [2.45, 2.75) is 6.54 Å². The van der Waals surface area contributed by atoms with Crippen LogP contribution in [-0.2, 0) is 11.3 Å². The van der Waals surface area contributed by atoms with Crippen molar-refractivity contribution in [3.05, 3.63) is 58.1 Å². The van der Waals surface area contributed by atoms with Gasteiger partial charge in [-0.2, -0.15) is 0 Å². The summed E-state index contributed by atoms with van der Waals surface area (Å²) in [7, 11) is 1.34. The van der Waals surface area contributed by atoms with Crippen molar-refractivity contribution in [2.75, 3.05) is 18.2 Å². The lowest BCUT2D eigenvalue weighted by molar-refractivity contribution is 0.0602. The standard InChI is InChI=1S/C15H15BrN2O2/c1-20-15(19)12-6-3-7-13(14(12)17)18-9-10-4-2-5-11(16)8-10/h2-8,18H,9,17H2,1H3. The van der Waals surface area contributed by atoms with E-state index in [-0.39, 0.29) is 0 Å². The minimum absolute atomic E-state index is 0.367. The molecule has 2 aromatic rings. The van der Waals surface area contributed by atoms with E-state index in [2.05, 4.69) is 21.2 Å². The summed E-state index contributed by atoms with van der Waals surface area (Å²) in [5, 5.41) is 3.22. The highest BCUT2D eigenvalue weighted by atomic mass is 79.9. The monoisotopic (exact) mass is 334 g/mol. The lowest BCUT2D eigenvalue weighted by Crippen LogP contribution is -2.09. The van der Waals surface area contributed by atoms with Gasteiger partial charge in [0, 0.05) is 11.0 Å². The number of halogens is 1. The van der Waals surface area contributed by atoms with Crippen molar-refractivity contribution >= 4 is 33.3 Å². The number of methoxy groups -OCH3 is 1. The molecule has 0 bridgehead atoms. The Morgan fingerprint density at radius 1 is 1.30 bits per heavy atom. The second-order valence-corrected chi connectivity index (χ2v) is 5.16. The molecule has 0 aliphatic carbocycles. The molecule has 0 heterocycles. The summed E-state index contributed by atoms with van der Waals surface area (Å²) >= 11 is 3.43. The maximum absolute atomic E-state index is 11.6. The van der Waals surface area contributed by atoms with Crippen LogP contribution in [0.3, 0.4) is 0 Å². The Labute approximate surface area is 126 Å². The first-order chi connectivity index (χ1) is 9.61. The molecule has 0 spiro atoms. The van der Waals surface area contributed by atoms with Crippen molar-refractivity contribution in [2.24, 2.45) is 0 Å². The molecule has 0 saturated carbocycles. The average molecular weight is 335 g/mol. The van der Waals surface area contributed by atoms with E-state index in [1.165, 1.54) is 7.11 Å². The number of anilines is 2. The fraction of sp³-hybridized carbons (Fsp3) is 0.133. The van der Waals surface area contributed by atoms with Crippen molar-refractivity contribution in [1.29, 1.82) is 0 Å². The number of benzene rings is 2. The fourth-order valence-corrected chi connectivity index (χ4v) is 2.30. The van der Waals surface area contributed by atoms with Gasteiger partial charge in [0.2, 0.25) is 0 Å². The average Bonchev–Trinajstić information content (AvgIpc) is 2.45. The van der Waals surface area contributed by atoms with E-state index < -0.39 is 5.97 Å². The quantitative estimate of drug-likeness (QED) is 0.664. The summed E-state index contributed by atoms with van der Waals surface area (Å²) in [5.74, 6) is -0.436. The van der Waals surface area contributed by atoms with E-state index in [1.807, 2.05) is 30.3 Å². The van der Waals surface area contributed by atoms with E-state index in [4.69, 9.17) is 10.5 Å². The molecule has 2 aromatic carbocycles. The predicted molar refractivity (Wildman–Crippen MR) is 83.7 cm³/mol. The number of rotatable bonds is 4. The van der Waals surface area contributed by atoms with Crippen molar-refractivity contribution in [3.63, 3.8) is 0 Å². The largest absolute Gasteiger partial charge is 0.465 e. The Balaban J connectivity index is 2.16. The van der Waals surface area contributed by atoms with Crippen LogP contribution < -0.4 is 11.1 Å².